The number of ketones is 2. The summed E-state index contributed by atoms with van der Waals surface area (Å²) in [6.07, 6.45) is -0.0728. The minimum absolute atomic E-state index is 0.0728. The summed E-state index contributed by atoms with van der Waals surface area (Å²) in [5, 5.41) is 0. The molecule has 0 bridgehead atoms. The van der Waals surface area contributed by atoms with Crippen LogP contribution < -0.4 is 0 Å². The van der Waals surface area contributed by atoms with Gasteiger partial charge in [-0.2, -0.15) is 0 Å². The van der Waals surface area contributed by atoms with E-state index in [1.165, 1.54) is 0 Å². The fraction of sp³-hybridized carbons (Fsp3) is 0.333. The van der Waals surface area contributed by atoms with Crippen LogP contribution in [0.5, 0.6) is 0 Å². The highest BCUT2D eigenvalue weighted by atomic mass is 31.1. The minimum atomic E-state index is -0.903. The highest BCUT2D eigenvalue weighted by molar-refractivity contribution is 7.25. The lowest BCUT2D eigenvalue weighted by molar-refractivity contribution is -0.128. The van der Waals surface area contributed by atoms with E-state index >= 15 is 0 Å². The third kappa shape index (κ3) is 3.77. The SMILES string of the molecule is CC(C)(C(=O)CP=O)C(C)(C)C(=O)c1ccc(-c2ccccc2)cc1. The molecule has 3 nitrogen and oxygen atoms in total. The number of Topliss-reactive ketones (excluding diaryl/α,β-unsaturated/α-hetero) is 2. The van der Waals surface area contributed by atoms with Crippen LogP contribution in [0, 0.1) is 10.8 Å². The molecule has 0 amide bonds. The fourth-order valence-corrected chi connectivity index (χ4v) is 3.21. The molecule has 0 unspecified atom stereocenters. The zero-order valence-electron chi connectivity index (χ0n) is 15.1. The summed E-state index contributed by atoms with van der Waals surface area (Å²) >= 11 is 0. The summed E-state index contributed by atoms with van der Waals surface area (Å²) < 4.78 is 10.8. The predicted octanol–water partition coefficient (Wildman–Crippen LogP) is 5.45. The molecule has 0 saturated heterocycles. The van der Waals surface area contributed by atoms with Gasteiger partial charge >= 0.3 is 0 Å². The summed E-state index contributed by atoms with van der Waals surface area (Å²) in [7, 11) is -0.214. The van der Waals surface area contributed by atoms with Gasteiger partial charge in [-0.1, -0.05) is 82.3 Å². The third-order valence-electron chi connectivity index (χ3n) is 5.29. The Hall–Kier alpha value is -2.12. The van der Waals surface area contributed by atoms with Crippen molar-refractivity contribution in [2.45, 2.75) is 27.7 Å². The van der Waals surface area contributed by atoms with E-state index < -0.39 is 10.8 Å². The van der Waals surface area contributed by atoms with E-state index in [1.807, 2.05) is 42.5 Å². The van der Waals surface area contributed by atoms with Gasteiger partial charge in [-0.25, -0.2) is 0 Å². The van der Waals surface area contributed by atoms with E-state index in [-0.39, 0.29) is 26.2 Å². The topological polar surface area (TPSA) is 51.2 Å². The molecular weight excluding hydrogens is 331 g/mol. The third-order valence-corrected chi connectivity index (χ3v) is 5.71. The molecule has 2 aromatic rings. The molecule has 25 heavy (non-hydrogen) atoms. The van der Waals surface area contributed by atoms with Gasteiger partial charge < -0.3 is 0 Å². The van der Waals surface area contributed by atoms with Gasteiger partial charge in [0.05, 0.1) is 6.16 Å². The van der Waals surface area contributed by atoms with Gasteiger partial charge in [0.1, 0.15) is 0 Å². The molecule has 4 heteroatoms. The van der Waals surface area contributed by atoms with E-state index in [0.29, 0.717) is 5.56 Å². The van der Waals surface area contributed by atoms with Crippen LogP contribution in [-0.2, 0) is 9.36 Å². The van der Waals surface area contributed by atoms with Gasteiger partial charge in [-0.15, -0.1) is 0 Å². The fourth-order valence-electron chi connectivity index (χ4n) is 2.69. The van der Waals surface area contributed by atoms with Crippen LogP contribution in [0.4, 0.5) is 0 Å². The molecule has 0 radical (unpaired) electrons. The first kappa shape index (κ1) is 19.2. The molecule has 0 spiro atoms. The lowest BCUT2D eigenvalue weighted by Gasteiger charge is -2.38. The number of rotatable bonds is 7. The molecule has 0 aliphatic heterocycles. The number of carbonyl (C=O) groups is 2. The van der Waals surface area contributed by atoms with Gasteiger partial charge in [0.25, 0.3) is 0 Å². The van der Waals surface area contributed by atoms with Gasteiger partial charge in [0, 0.05) is 16.4 Å². The maximum Gasteiger partial charge on any atom is 0.169 e. The van der Waals surface area contributed by atoms with Crippen LogP contribution in [0.1, 0.15) is 38.1 Å². The van der Waals surface area contributed by atoms with Crippen molar-refractivity contribution in [3.05, 3.63) is 60.2 Å². The van der Waals surface area contributed by atoms with E-state index in [9.17, 15) is 14.2 Å². The van der Waals surface area contributed by atoms with Crippen molar-refractivity contribution in [1.82, 2.24) is 0 Å². The van der Waals surface area contributed by atoms with Crippen molar-refractivity contribution >= 4 is 20.0 Å². The average Bonchev–Trinajstić information content (AvgIpc) is 2.62. The second kappa shape index (κ2) is 7.41. The van der Waals surface area contributed by atoms with Gasteiger partial charge in [0.15, 0.2) is 20.0 Å². The molecule has 0 fully saturated rings. The van der Waals surface area contributed by atoms with Crippen molar-refractivity contribution in [3.63, 3.8) is 0 Å². The van der Waals surface area contributed by atoms with Crippen LogP contribution >= 0.6 is 8.46 Å². The van der Waals surface area contributed by atoms with Gasteiger partial charge in [-0.3, -0.25) is 14.2 Å². The Labute approximate surface area is 150 Å². The lowest BCUT2D eigenvalue weighted by atomic mass is 9.62. The second-order valence-corrected chi connectivity index (χ2v) is 7.81. The van der Waals surface area contributed by atoms with Crippen LogP contribution in [0.15, 0.2) is 54.6 Å². The lowest BCUT2D eigenvalue weighted by Crippen LogP contribution is -2.45. The maximum absolute atomic E-state index is 13.0. The van der Waals surface area contributed by atoms with Crippen LogP contribution in [-0.4, -0.2) is 17.7 Å². The van der Waals surface area contributed by atoms with E-state index in [1.54, 1.807) is 39.8 Å². The number of hydrogen-bond acceptors (Lipinski definition) is 3. The summed E-state index contributed by atoms with van der Waals surface area (Å²) in [6.45, 7) is 7.05. The average molecular weight is 354 g/mol. The van der Waals surface area contributed by atoms with E-state index in [2.05, 4.69) is 0 Å². The quantitative estimate of drug-likeness (QED) is 0.491. The summed E-state index contributed by atoms with van der Waals surface area (Å²) in [5.74, 6) is -0.267. The largest absolute Gasteiger partial charge is 0.298 e. The Kier molecular flexibility index (Phi) is 5.69. The second-order valence-electron chi connectivity index (χ2n) is 7.23. The number of benzene rings is 2. The zero-order chi connectivity index (χ0) is 18.7. The van der Waals surface area contributed by atoms with Crippen molar-refractivity contribution in [2.24, 2.45) is 10.8 Å². The van der Waals surface area contributed by atoms with Crippen molar-refractivity contribution in [1.29, 1.82) is 0 Å². The van der Waals surface area contributed by atoms with E-state index in [0.717, 1.165) is 11.1 Å². The van der Waals surface area contributed by atoms with Crippen LogP contribution in [0.3, 0.4) is 0 Å². The standard InChI is InChI=1S/C21H23O3P/c1-20(2,18(22)14-25-24)21(3,4)19(23)17-12-10-16(11-13-17)15-8-6-5-7-9-15/h5-13H,14H2,1-4H3. The molecule has 0 aromatic heterocycles. The summed E-state index contributed by atoms with van der Waals surface area (Å²) in [6, 6.07) is 17.4. The molecule has 0 N–H and O–H groups in total. The molecule has 0 heterocycles. The Bertz CT molecular complexity index is 775. The van der Waals surface area contributed by atoms with Crippen molar-refractivity contribution in [3.8, 4) is 11.1 Å². The van der Waals surface area contributed by atoms with Crippen molar-refractivity contribution < 1.29 is 14.2 Å². The first-order valence-corrected chi connectivity index (χ1v) is 9.24. The molecule has 2 aromatic carbocycles. The first-order chi connectivity index (χ1) is 11.7. The first-order valence-electron chi connectivity index (χ1n) is 8.24. The Morgan fingerprint density at radius 3 is 1.84 bits per heavy atom. The Morgan fingerprint density at radius 2 is 1.32 bits per heavy atom. The Morgan fingerprint density at radius 1 is 0.800 bits per heavy atom. The maximum atomic E-state index is 13.0. The van der Waals surface area contributed by atoms with E-state index in [4.69, 9.17) is 0 Å². The molecular formula is C21H23O3P. The summed E-state index contributed by atoms with van der Waals surface area (Å²) in [5.41, 5.74) is 0.897. The molecule has 0 aliphatic rings. The monoisotopic (exact) mass is 354 g/mol. The molecule has 0 atom stereocenters. The number of carbonyl (C=O) groups excluding carboxylic acids is 2. The minimum Gasteiger partial charge on any atom is -0.298 e. The van der Waals surface area contributed by atoms with Gasteiger partial charge in [-0.05, 0) is 11.1 Å². The number of hydrogen-bond donors (Lipinski definition) is 0. The van der Waals surface area contributed by atoms with Crippen molar-refractivity contribution in [2.75, 3.05) is 6.16 Å². The smallest absolute Gasteiger partial charge is 0.169 e. The van der Waals surface area contributed by atoms with Gasteiger partial charge in [0.2, 0.25) is 0 Å². The molecule has 130 valence electrons. The highest BCUT2D eigenvalue weighted by Gasteiger charge is 2.47. The molecule has 0 saturated carbocycles. The molecule has 2 rings (SSSR count). The van der Waals surface area contributed by atoms with Crippen LogP contribution in [0.25, 0.3) is 11.1 Å². The Balaban J connectivity index is 2.30. The summed E-state index contributed by atoms with van der Waals surface area (Å²) in [4.78, 5) is 25.4. The predicted molar refractivity (Wildman–Crippen MR) is 101 cm³/mol. The normalized spacial score (nSPS) is 12.2. The highest BCUT2D eigenvalue weighted by Crippen LogP contribution is 2.42. The molecule has 0 aliphatic carbocycles. The zero-order valence-corrected chi connectivity index (χ0v) is 16.0. The van der Waals surface area contributed by atoms with Crippen LogP contribution in [0.2, 0.25) is 0 Å².